The predicted molar refractivity (Wildman–Crippen MR) is 148 cm³/mol. The largest absolute Gasteiger partial charge is 0.380 e. The van der Waals surface area contributed by atoms with Crippen LogP contribution in [0.5, 0.6) is 0 Å². The van der Waals surface area contributed by atoms with Gasteiger partial charge < -0.3 is 15.5 Å². The van der Waals surface area contributed by atoms with E-state index < -0.39 is 11.9 Å². The van der Waals surface area contributed by atoms with E-state index in [2.05, 4.69) is 59.0 Å². The first-order chi connectivity index (χ1) is 18.3. The number of hydrogen-bond donors (Lipinski definition) is 3. The summed E-state index contributed by atoms with van der Waals surface area (Å²) >= 11 is 0. The van der Waals surface area contributed by atoms with Crippen LogP contribution >= 0.6 is 0 Å². The molecule has 3 heterocycles. The van der Waals surface area contributed by atoms with Gasteiger partial charge in [-0.3, -0.25) is 24.6 Å². The fraction of sp³-hybridized carbons (Fsp3) is 0.500. The maximum absolute atomic E-state index is 13.7. The Labute approximate surface area is 225 Å². The lowest BCUT2D eigenvalue weighted by molar-refractivity contribution is -0.137. The Morgan fingerprint density at radius 1 is 0.974 bits per heavy atom. The van der Waals surface area contributed by atoms with E-state index >= 15 is 0 Å². The van der Waals surface area contributed by atoms with Gasteiger partial charge in [0.2, 0.25) is 11.8 Å². The van der Waals surface area contributed by atoms with Crippen molar-refractivity contribution in [2.75, 3.05) is 23.7 Å². The second-order valence-corrected chi connectivity index (χ2v) is 11.3. The van der Waals surface area contributed by atoms with Crippen molar-refractivity contribution >= 4 is 29.1 Å². The van der Waals surface area contributed by atoms with E-state index in [1.807, 2.05) is 25.1 Å². The summed E-state index contributed by atoms with van der Waals surface area (Å²) in [5.74, 6) is 0.710. The molecule has 0 radical (unpaired) electrons. The van der Waals surface area contributed by atoms with Gasteiger partial charge in [-0.1, -0.05) is 44.2 Å². The van der Waals surface area contributed by atoms with Gasteiger partial charge in [-0.25, -0.2) is 0 Å². The van der Waals surface area contributed by atoms with E-state index in [0.29, 0.717) is 18.5 Å². The third-order valence-corrected chi connectivity index (χ3v) is 8.33. The number of nitrogens with one attached hydrogen (secondary N) is 3. The van der Waals surface area contributed by atoms with E-state index in [-0.39, 0.29) is 24.4 Å². The highest BCUT2D eigenvalue weighted by molar-refractivity contribution is 6.09. The molecule has 3 aliphatic rings. The third kappa shape index (κ3) is 5.55. The molecule has 8 nitrogen and oxygen atoms in total. The number of piperidine rings is 2. The summed E-state index contributed by atoms with van der Waals surface area (Å²) < 4.78 is 0. The number of anilines is 2. The number of fused-ring (bicyclic) bond motifs is 1. The highest BCUT2D eigenvalue weighted by atomic mass is 16.2. The minimum atomic E-state index is -0.674. The number of carbonyl (C=O) groups is 3. The van der Waals surface area contributed by atoms with Gasteiger partial charge in [-0.15, -0.1) is 0 Å². The molecule has 3 aliphatic heterocycles. The zero-order chi connectivity index (χ0) is 26.8. The van der Waals surface area contributed by atoms with Crippen molar-refractivity contribution in [1.82, 2.24) is 15.1 Å². The molecule has 0 aliphatic carbocycles. The van der Waals surface area contributed by atoms with Gasteiger partial charge in [0.1, 0.15) is 6.04 Å². The van der Waals surface area contributed by atoms with Gasteiger partial charge in [0.05, 0.1) is 17.4 Å². The van der Waals surface area contributed by atoms with Crippen LogP contribution in [0.1, 0.15) is 67.9 Å². The number of nitrogens with zero attached hydrogens (tertiary/aromatic N) is 2. The molecule has 0 bridgehead atoms. The van der Waals surface area contributed by atoms with Gasteiger partial charge >= 0.3 is 0 Å². The molecule has 2 saturated heterocycles. The minimum absolute atomic E-state index is 0.208. The van der Waals surface area contributed by atoms with Crippen LogP contribution in [-0.2, 0) is 22.7 Å². The first-order valence-electron chi connectivity index (χ1n) is 13.9. The van der Waals surface area contributed by atoms with Crippen LogP contribution in [0.25, 0.3) is 0 Å². The third-order valence-electron chi connectivity index (χ3n) is 8.33. The molecule has 3 N–H and O–H groups in total. The first kappa shape index (κ1) is 26.2. The predicted octanol–water partition coefficient (Wildman–Crippen LogP) is 4.19. The van der Waals surface area contributed by atoms with Gasteiger partial charge in [0, 0.05) is 25.2 Å². The van der Waals surface area contributed by atoms with Crippen molar-refractivity contribution in [2.24, 2.45) is 11.8 Å². The molecule has 0 aromatic heterocycles. The minimum Gasteiger partial charge on any atom is -0.380 e. The van der Waals surface area contributed by atoms with Gasteiger partial charge in [0.25, 0.3) is 5.91 Å². The van der Waals surface area contributed by atoms with Crippen LogP contribution in [0.3, 0.4) is 0 Å². The first-order valence-corrected chi connectivity index (χ1v) is 13.9. The number of benzene rings is 2. The SMILES string of the molecule is CC(C)C1CCN(Cc2ccc(CNc3cccc4c3C(=O)N(C3CCC(=O)NC3=O)C(C)N4)cc2)CC1. The quantitative estimate of drug-likeness (QED) is 0.477. The topological polar surface area (TPSA) is 93.8 Å². The summed E-state index contributed by atoms with van der Waals surface area (Å²) in [6.45, 7) is 10.4. The van der Waals surface area contributed by atoms with Gasteiger partial charge in [-0.2, -0.15) is 0 Å². The molecule has 202 valence electrons. The van der Waals surface area contributed by atoms with E-state index in [0.717, 1.165) is 35.3 Å². The highest BCUT2D eigenvalue weighted by Crippen LogP contribution is 2.34. The van der Waals surface area contributed by atoms with Crippen molar-refractivity contribution in [3.8, 4) is 0 Å². The summed E-state index contributed by atoms with van der Waals surface area (Å²) in [5, 5.41) is 9.17. The molecular weight excluding hydrogens is 478 g/mol. The Bertz CT molecular complexity index is 1190. The summed E-state index contributed by atoms with van der Waals surface area (Å²) in [5.41, 5.74) is 4.45. The maximum atomic E-state index is 13.7. The number of carbonyl (C=O) groups excluding carboxylic acids is 3. The Hall–Kier alpha value is -3.39. The Morgan fingerprint density at radius 2 is 1.68 bits per heavy atom. The molecule has 2 aromatic carbocycles. The molecule has 5 rings (SSSR count). The average molecular weight is 518 g/mol. The Kier molecular flexibility index (Phi) is 7.70. The molecule has 3 amide bonds. The summed E-state index contributed by atoms with van der Waals surface area (Å²) in [6, 6.07) is 13.7. The van der Waals surface area contributed by atoms with Crippen LogP contribution in [0.4, 0.5) is 11.4 Å². The maximum Gasteiger partial charge on any atom is 0.260 e. The molecule has 2 atom stereocenters. The lowest BCUT2D eigenvalue weighted by Gasteiger charge is -2.41. The molecule has 2 unspecified atom stereocenters. The molecule has 0 saturated carbocycles. The van der Waals surface area contributed by atoms with Crippen molar-refractivity contribution < 1.29 is 14.4 Å². The molecule has 0 spiro atoms. The lowest BCUT2D eigenvalue weighted by Crippen LogP contribution is -2.60. The summed E-state index contributed by atoms with van der Waals surface area (Å²) in [6.07, 6.45) is 2.77. The monoisotopic (exact) mass is 517 g/mol. The number of likely N-dealkylation sites (tertiary alicyclic amines) is 1. The average Bonchev–Trinajstić information content (AvgIpc) is 2.89. The van der Waals surface area contributed by atoms with Gasteiger partial charge in [-0.05, 0) is 74.4 Å². The summed E-state index contributed by atoms with van der Waals surface area (Å²) in [4.78, 5) is 41.9. The smallest absolute Gasteiger partial charge is 0.260 e. The number of rotatable bonds is 7. The molecular formula is C30H39N5O3. The van der Waals surface area contributed by atoms with Crippen LogP contribution in [0.2, 0.25) is 0 Å². The Morgan fingerprint density at radius 3 is 2.37 bits per heavy atom. The van der Waals surface area contributed by atoms with Crippen LogP contribution in [0, 0.1) is 11.8 Å². The van der Waals surface area contributed by atoms with E-state index in [1.54, 1.807) is 4.90 Å². The number of hydrogen-bond acceptors (Lipinski definition) is 6. The molecule has 2 fully saturated rings. The van der Waals surface area contributed by atoms with Crippen LogP contribution in [0.15, 0.2) is 42.5 Å². The van der Waals surface area contributed by atoms with Crippen molar-refractivity contribution in [3.05, 3.63) is 59.2 Å². The molecule has 8 heteroatoms. The lowest BCUT2D eigenvalue weighted by atomic mass is 9.86. The number of amides is 3. The van der Waals surface area contributed by atoms with E-state index in [9.17, 15) is 14.4 Å². The normalized spacial score (nSPS) is 22.7. The zero-order valence-corrected chi connectivity index (χ0v) is 22.6. The molecule has 2 aromatic rings. The molecule has 38 heavy (non-hydrogen) atoms. The second-order valence-electron chi connectivity index (χ2n) is 11.3. The Balaban J connectivity index is 1.23. The summed E-state index contributed by atoms with van der Waals surface area (Å²) in [7, 11) is 0. The van der Waals surface area contributed by atoms with Crippen molar-refractivity contribution in [3.63, 3.8) is 0 Å². The fourth-order valence-corrected chi connectivity index (χ4v) is 6.00. The van der Waals surface area contributed by atoms with E-state index in [4.69, 9.17) is 0 Å². The fourth-order valence-electron chi connectivity index (χ4n) is 6.00. The highest BCUT2D eigenvalue weighted by Gasteiger charge is 2.41. The van der Waals surface area contributed by atoms with Crippen molar-refractivity contribution in [1.29, 1.82) is 0 Å². The van der Waals surface area contributed by atoms with Crippen LogP contribution in [-0.4, -0.2) is 52.8 Å². The van der Waals surface area contributed by atoms with Crippen LogP contribution < -0.4 is 16.0 Å². The number of imide groups is 1. The zero-order valence-electron chi connectivity index (χ0n) is 22.6. The van der Waals surface area contributed by atoms with Gasteiger partial charge in [0.15, 0.2) is 0 Å². The van der Waals surface area contributed by atoms with Crippen molar-refractivity contribution in [2.45, 2.75) is 71.8 Å². The second kappa shape index (κ2) is 11.2. The standard InChI is InChI=1S/C30H39N5O3/c1-19(2)23-13-15-34(16-14-23)18-22-9-7-21(8-10-22)17-31-24-5-4-6-25-28(24)30(38)35(20(3)32-25)26-11-12-27(36)33-29(26)37/h4-10,19-20,23,26,31-32H,11-18H2,1-3H3,(H,33,36,37). The van der Waals surface area contributed by atoms with E-state index in [1.165, 1.54) is 31.5 Å².